The summed E-state index contributed by atoms with van der Waals surface area (Å²) in [5.74, 6) is 0.274. The lowest BCUT2D eigenvalue weighted by molar-refractivity contribution is 0.0943. The van der Waals surface area contributed by atoms with Crippen LogP contribution in [0.1, 0.15) is 62.0 Å². The highest BCUT2D eigenvalue weighted by Gasteiger charge is 2.20. The quantitative estimate of drug-likeness (QED) is 0.521. The van der Waals surface area contributed by atoms with Crippen LogP contribution in [-0.2, 0) is 12.8 Å². The molecule has 5 heteroatoms. The summed E-state index contributed by atoms with van der Waals surface area (Å²) in [5, 5.41) is 4.35. The van der Waals surface area contributed by atoms with Crippen molar-refractivity contribution in [2.24, 2.45) is 0 Å². The highest BCUT2D eigenvalue weighted by molar-refractivity contribution is 5.97. The highest BCUT2D eigenvalue weighted by Crippen LogP contribution is 2.23. The molecule has 0 aliphatic rings. The van der Waals surface area contributed by atoms with Crippen molar-refractivity contribution in [2.45, 2.75) is 59.5 Å². The Morgan fingerprint density at radius 3 is 2.24 bits per heavy atom. The van der Waals surface area contributed by atoms with Gasteiger partial charge in [0.2, 0.25) is 0 Å². The summed E-state index contributed by atoms with van der Waals surface area (Å²) < 4.78 is 7.00. The number of aryl methyl sites for hydroxylation is 2. The predicted molar refractivity (Wildman–Crippen MR) is 115 cm³/mol. The number of benzene rings is 2. The zero-order chi connectivity index (χ0) is 20.8. The van der Waals surface area contributed by atoms with Gasteiger partial charge in [-0.3, -0.25) is 4.79 Å². The molecule has 0 atom stereocenters. The molecule has 5 nitrogen and oxygen atoms in total. The van der Waals surface area contributed by atoms with Crippen LogP contribution in [0.25, 0.3) is 11.4 Å². The lowest BCUT2D eigenvalue weighted by Gasteiger charge is -2.07. The van der Waals surface area contributed by atoms with Gasteiger partial charge in [-0.2, -0.15) is 9.67 Å². The SMILES string of the molecule is CCCCc1ccc(C(=O)n2nc(OC(C)C)nc2-c2ccc(CC)cc2)cc1. The van der Waals surface area contributed by atoms with Gasteiger partial charge in [0.05, 0.1) is 6.10 Å². The Labute approximate surface area is 172 Å². The second-order valence-corrected chi connectivity index (χ2v) is 7.45. The van der Waals surface area contributed by atoms with Gasteiger partial charge in [0, 0.05) is 11.1 Å². The smallest absolute Gasteiger partial charge is 0.336 e. The molecule has 0 amide bonds. The molecule has 3 rings (SSSR count). The molecule has 1 heterocycles. The fourth-order valence-corrected chi connectivity index (χ4v) is 3.09. The van der Waals surface area contributed by atoms with E-state index >= 15 is 0 Å². The standard InChI is InChI=1S/C24H29N3O2/c1-5-7-8-19-11-15-21(16-12-19)23(28)27-22(25-24(26-27)29-17(3)4)20-13-9-18(6-2)10-14-20/h9-17H,5-8H2,1-4H3. The second kappa shape index (κ2) is 9.50. The number of carbonyl (C=O) groups excluding carboxylic acids is 1. The minimum atomic E-state index is -0.215. The highest BCUT2D eigenvalue weighted by atomic mass is 16.5. The summed E-state index contributed by atoms with van der Waals surface area (Å²) in [7, 11) is 0. The molecular formula is C24H29N3O2. The van der Waals surface area contributed by atoms with E-state index in [0.717, 1.165) is 31.2 Å². The van der Waals surface area contributed by atoms with Crippen molar-refractivity contribution >= 4 is 5.91 Å². The van der Waals surface area contributed by atoms with Gasteiger partial charge in [-0.1, -0.05) is 56.7 Å². The van der Waals surface area contributed by atoms with Crippen LogP contribution in [0.5, 0.6) is 6.01 Å². The maximum atomic E-state index is 13.2. The topological polar surface area (TPSA) is 57.0 Å². The van der Waals surface area contributed by atoms with Crippen LogP contribution in [0.3, 0.4) is 0 Å². The molecule has 1 aromatic heterocycles. The summed E-state index contributed by atoms with van der Waals surface area (Å²) in [6.45, 7) is 8.11. The van der Waals surface area contributed by atoms with Crippen molar-refractivity contribution in [2.75, 3.05) is 0 Å². The first-order valence-electron chi connectivity index (χ1n) is 10.4. The van der Waals surface area contributed by atoms with Crippen molar-refractivity contribution in [3.05, 3.63) is 65.2 Å². The summed E-state index contributed by atoms with van der Waals surface area (Å²) >= 11 is 0. The summed E-state index contributed by atoms with van der Waals surface area (Å²) in [6.07, 6.45) is 4.20. The van der Waals surface area contributed by atoms with Crippen LogP contribution in [0.15, 0.2) is 48.5 Å². The molecule has 0 fully saturated rings. The van der Waals surface area contributed by atoms with Gasteiger partial charge in [0.1, 0.15) is 0 Å². The van der Waals surface area contributed by atoms with Crippen LogP contribution < -0.4 is 4.74 Å². The molecule has 0 radical (unpaired) electrons. The van der Waals surface area contributed by atoms with E-state index < -0.39 is 0 Å². The fraction of sp³-hybridized carbons (Fsp3) is 0.375. The average Bonchev–Trinajstić information content (AvgIpc) is 3.15. The van der Waals surface area contributed by atoms with E-state index in [4.69, 9.17) is 4.74 Å². The van der Waals surface area contributed by atoms with E-state index in [1.807, 2.05) is 62.4 Å². The largest absolute Gasteiger partial charge is 0.460 e. The third-order valence-electron chi connectivity index (χ3n) is 4.76. The van der Waals surface area contributed by atoms with Gasteiger partial charge in [-0.05, 0) is 56.4 Å². The molecule has 0 saturated carbocycles. The van der Waals surface area contributed by atoms with E-state index in [1.165, 1.54) is 15.8 Å². The van der Waals surface area contributed by atoms with Crippen LogP contribution in [0.4, 0.5) is 0 Å². The number of nitrogens with zero attached hydrogens (tertiary/aromatic N) is 3. The van der Waals surface area contributed by atoms with Gasteiger partial charge >= 0.3 is 6.01 Å². The Hall–Kier alpha value is -2.95. The number of hydrogen-bond acceptors (Lipinski definition) is 4. The van der Waals surface area contributed by atoms with E-state index in [1.54, 1.807) is 0 Å². The second-order valence-electron chi connectivity index (χ2n) is 7.45. The van der Waals surface area contributed by atoms with Crippen LogP contribution in [0.2, 0.25) is 0 Å². The first-order chi connectivity index (χ1) is 14.0. The fourth-order valence-electron chi connectivity index (χ4n) is 3.09. The molecule has 3 aromatic rings. The first-order valence-corrected chi connectivity index (χ1v) is 10.4. The normalized spacial score (nSPS) is 11.1. The summed E-state index contributed by atoms with van der Waals surface area (Å²) in [5.41, 5.74) is 3.88. The van der Waals surface area contributed by atoms with Crippen LogP contribution in [-0.4, -0.2) is 26.8 Å². The Morgan fingerprint density at radius 1 is 1.00 bits per heavy atom. The van der Waals surface area contributed by atoms with Crippen molar-refractivity contribution in [1.82, 2.24) is 14.8 Å². The maximum Gasteiger partial charge on any atom is 0.336 e. The summed E-state index contributed by atoms with van der Waals surface area (Å²) in [4.78, 5) is 17.7. The number of hydrogen-bond donors (Lipinski definition) is 0. The molecule has 0 saturated heterocycles. The molecular weight excluding hydrogens is 362 g/mol. The Balaban J connectivity index is 1.95. The number of ether oxygens (including phenoxy) is 1. The van der Waals surface area contributed by atoms with Crippen molar-refractivity contribution in [3.8, 4) is 17.4 Å². The molecule has 0 unspecified atom stereocenters. The molecule has 0 N–H and O–H groups in total. The monoisotopic (exact) mass is 391 g/mol. The van der Waals surface area contributed by atoms with Gasteiger partial charge in [-0.15, -0.1) is 5.10 Å². The van der Waals surface area contributed by atoms with Crippen LogP contribution in [0, 0.1) is 0 Å². The molecule has 152 valence electrons. The number of carbonyl (C=O) groups is 1. The van der Waals surface area contributed by atoms with Gasteiger partial charge < -0.3 is 4.74 Å². The third-order valence-corrected chi connectivity index (χ3v) is 4.76. The Bertz CT molecular complexity index is 941. The van der Waals surface area contributed by atoms with Gasteiger partial charge in [0.25, 0.3) is 5.91 Å². The van der Waals surface area contributed by atoms with E-state index in [-0.39, 0.29) is 18.0 Å². The maximum absolute atomic E-state index is 13.2. The molecule has 0 bridgehead atoms. The predicted octanol–water partition coefficient (Wildman–Crippen LogP) is 5.33. The third kappa shape index (κ3) is 5.11. The zero-order valence-corrected chi connectivity index (χ0v) is 17.7. The Kier molecular flexibility index (Phi) is 6.81. The van der Waals surface area contributed by atoms with Crippen molar-refractivity contribution < 1.29 is 9.53 Å². The lowest BCUT2D eigenvalue weighted by Crippen LogP contribution is -2.15. The zero-order valence-electron chi connectivity index (χ0n) is 17.7. The minimum Gasteiger partial charge on any atom is -0.460 e. The molecule has 29 heavy (non-hydrogen) atoms. The number of aromatic nitrogens is 3. The molecule has 0 spiro atoms. The molecule has 0 aliphatic carbocycles. The van der Waals surface area contributed by atoms with Gasteiger partial charge in [0.15, 0.2) is 5.82 Å². The lowest BCUT2D eigenvalue weighted by atomic mass is 10.1. The Morgan fingerprint density at radius 2 is 1.66 bits per heavy atom. The molecule has 0 aliphatic heterocycles. The minimum absolute atomic E-state index is 0.0749. The van der Waals surface area contributed by atoms with E-state index in [2.05, 4.69) is 23.9 Å². The number of rotatable bonds is 8. The average molecular weight is 392 g/mol. The summed E-state index contributed by atoms with van der Waals surface area (Å²) in [6, 6.07) is 16.0. The van der Waals surface area contributed by atoms with Crippen molar-refractivity contribution in [3.63, 3.8) is 0 Å². The first kappa shape index (κ1) is 20.8. The van der Waals surface area contributed by atoms with Gasteiger partial charge in [-0.25, -0.2) is 0 Å². The van der Waals surface area contributed by atoms with Crippen LogP contribution >= 0.6 is 0 Å². The number of unbranched alkanes of at least 4 members (excludes halogenated alkanes) is 1. The molecule has 2 aromatic carbocycles. The van der Waals surface area contributed by atoms with E-state index in [0.29, 0.717) is 11.4 Å². The van der Waals surface area contributed by atoms with E-state index in [9.17, 15) is 4.79 Å². The van der Waals surface area contributed by atoms with Crippen molar-refractivity contribution in [1.29, 1.82) is 0 Å².